The molecule has 3 rings (SSSR count). The Morgan fingerprint density at radius 1 is 1.14 bits per heavy atom. The van der Waals surface area contributed by atoms with E-state index >= 15 is 0 Å². The molecule has 29 heavy (non-hydrogen) atoms. The molecule has 1 heterocycles. The summed E-state index contributed by atoms with van der Waals surface area (Å²) in [7, 11) is 1.59. The van der Waals surface area contributed by atoms with Crippen molar-refractivity contribution in [2.24, 2.45) is 0 Å². The molecule has 0 unspecified atom stereocenters. The molecule has 156 valence electrons. The predicted molar refractivity (Wildman–Crippen MR) is 119 cm³/mol. The van der Waals surface area contributed by atoms with Gasteiger partial charge in [-0.2, -0.15) is 0 Å². The Hall–Kier alpha value is -2.22. The van der Waals surface area contributed by atoms with Gasteiger partial charge in [0.2, 0.25) is 5.91 Å². The fourth-order valence-electron chi connectivity index (χ4n) is 3.05. The Morgan fingerprint density at radius 2 is 1.90 bits per heavy atom. The zero-order valence-electron chi connectivity index (χ0n) is 16.3. The molecule has 0 bridgehead atoms. The van der Waals surface area contributed by atoms with Crippen molar-refractivity contribution in [2.45, 2.75) is 23.8 Å². The molecular weight excluding hydrogens is 410 g/mol. The summed E-state index contributed by atoms with van der Waals surface area (Å²) in [6.45, 7) is 1.84. The standard InChI is InChI=1S/C21H25N3O3S.ClH/c1-27-17-6-4-5-16(13-17)23-20(25)14-28-19-8-3-2-7-18(19)21(26)24-15-9-11-22-12-10-15;/h2-8,13,15,22H,9-12,14H2,1H3,(H,23,25)(H,24,26);1H. The topological polar surface area (TPSA) is 79.5 Å². The number of hydrogen-bond donors (Lipinski definition) is 3. The molecule has 0 aromatic heterocycles. The minimum Gasteiger partial charge on any atom is -0.497 e. The lowest BCUT2D eigenvalue weighted by Gasteiger charge is -2.24. The predicted octanol–water partition coefficient (Wildman–Crippen LogP) is 3.33. The normalized spacial score (nSPS) is 13.8. The van der Waals surface area contributed by atoms with Crippen LogP contribution >= 0.6 is 24.2 Å². The number of halogens is 1. The zero-order chi connectivity index (χ0) is 19.8. The smallest absolute Gasteiger partial charge is 0.252 e. The van der Waals surface area contributed by atoms with E-state index < -0.39 is 0 Å². The van der Waals surface area contributed by atoms with Crippen molar-refractivity contribution in [3.05, 3.63) is 54.1 Å². The number of hydrogen-bond acceptors (Lipinski definition) is 5. The van der Waals surface area contributed by atoms with Gasteiger partial charge in [-0.25, -0.2) is 0 Å². The minimum absolute atomic E-state index is 0. The molecule has 1 aliphatic rings. The first kappa shape index (κ1) is 23.1. The number of ether oxygens (including phenoxy) is 1. The van der Waals surface area contributed by atoms with Gasteiger partial charge in [-0.3, -0.25) is 9.59 Å². The van der Waals surface area contributed by atoms with Crippen molar-refractivity contribution in [1.29, 1.82) is 0 Å². The average Bonchev–Trinajstić information content (AvgIpc) is 2.73. The molecule has 2 amide bonds. The first-order chi connectivity index (χ1) is 13.7. The molecular formula is C21H26ClN3O3S. The van der Waals surface area contributed by atoms with E-state index in [4.69, 9.17) is 4.74 Å². The lowest BCUT2D eigenvalue weighted by molar-refractivity contribution is -0.113. The number of benzene rings is 2. The highest BCUT2D eigenvalue weighted by Gasteiger charge is 2.18. The fourth-order valence-corrected chi connectivity index (χ4v) is 3.90. The number of piperidine rings is 1. The van der Waals surface area contributed by atoms with Gasteiger partial charge in [0.1, 0.15) is 5.75 Å². The second-order valence-electron chi connectivity index (χ2n) is 6.56. The quantitative estimate of drug-likeness (QED) is 0.581. The Labute approximate surface area is 181 Å². The third-order valence-corrected chi connectivity index (χ3v) is 5.59. The second-order valence-corrected chi connectivity index (χ2v) is 7.58. The summed E-state index contributed by atoms with van der Waals surface area (Å²) < 4.78 is 5.17. The number of anilines is 1. The highest BCUT2D eigenvalue weighted by Crippen LogP contribution is 2.24. The van der Waals surface area contributed by atoms with Crippen LogP contribution in [0.1, 0.15) is 23.2 Å². The van der Waals surface area contributed by atoms with E-state index in [9.17, 15) is 9.59 Å². The summed E-state index contributed by atoms with van der Waals surface area (Å²) in [4.78, 5) is 25.8. The van der Waals surface area contributed by atoms with Crippen LogP contribution in [0.3, 0.4) is 0 Å². The lowest BCUT2D eigenvalue weighted by Crippen LogP contribution is -2.42. The third kappa shape index (κ3) is 6.96. The minimum atomic E-state index is -0.133. The molecule has 3 N–H and O–H groups in total. The van der Waals surface area contributed by atoms with Gasteiger partial charge in [0, 0.05) is 22.7 Å². The van der Waals surface area contributed by atoms with Gasteiger partial charge >= 0.3 is 0 Å². The largest absolute Gasteiger partial charge is 0.497 e. The van der Waals surface area contributed by atoms with Gasteiger partial charge in [-0.1, -0.05) is 18.2 Å². The van der Waals surface area contributed by atoms with E-state index in [0.717, 1.165) is 30.8 Å². The Morgan fingerprint density at radius 3 is 2.66 bits per heavy atom. The molecule has 6 nitrogen and oxygen atoms in total. The van der Waals surface area contributed by atoms with Crippen molar-refractivity contribution in [2.75, 3.05) is 31.3 Å². The SMILES string of the molecule is COc1cccc(NC(=O)CSc2ccccc2C(=O)NC2CCNCC2)c1.Cl. The van der Waals surface area contributed by atoms with Crippen LogP contribution < -0.4 is 20.7 Å². The zero-order valence-corrected chi connectivity index (χ0v) is 17.9. The summed E-state index contributed by atoms with van der Waals surface area (Å²) >= 11 is 1.36. The summed E-state index contributed by atoms with van der Waals surface area (Å²) in [5.41, 5.74) is 1.29. The molecule has 2 aromatic carbocycles. The monoisotopic (exact) mass is 435 g/mol. The van der Waals surface area contributed by atoms with E-state index in [1.54, 1.807) is 19.2 Å². The number of thioether (sulfide) groups is 1. The molecule has 0 atom stereocenters. The number of rotatable bonds is 7. The van der Waals surface area contributed by atoms with E-state index in [2.05, 4.69) is 16.0 Å². The first-order valence-electron chi connectivity index (χ1n) is 9.33. The number of carbonyl (C=O) groups is 2. The van der Waals surface area contributed by atoms with Crippen LogP contribution in [0.2, 0.25) is 0 Å². The molecule has 1 fully saturated rings. The summed E-state index contributed by atoms with van der Waals surface area (Å²) in [5, 5.41) is 9.25. The van der Waals surface area contributed by atoms with Crippen molar-refractivity contribution in [3.8, 4) is 5.75 Å². The highest BCUT2D eigenvalue weighted by atomic mass is 35.5. The molecule has 2 aromatic rings. The summed E-state index contributed by atoms with van der Waals surface area (Å²) in [5.74, 6) is 0.690. The number of methoxy groups -OCH3 is 1. The maximum absolute atomic E-state index is 12.7. The number of amides is 2. The van der Waals surface area contributed by atoms with Crippen LogP contribution in [0.25, 0.3) is 0 Å². The van der Waals surface area contributed by atoms with E-state index in [1.165, 1.54) is 11.8 Å². The van der Waals surface area contributed by atoms with Crippen molar-refractivity contribution >= 4 is 41.7 Å². The molecule has 1 saturated heterocycles. The molecule has 8 heteroatoms. The molecule has 0 aliphatic carbocycles. The molecule has 0 radical (unpaired) electrons. The van der Waals surface area contributed by atoms with Gasteiger partial charge in [0.05, 0.1) is 18.4 Å². The third-order valence-electron chi connectivity index (χ3n) is 4.52. The molecule has 1 aliphatic heterocycles. The molecule has 0 spiro atoms. The molecule has 0 saturated carbocycles. The fraction of sp³-hybridized carbons (Fsp3) is 0.333. The Balaban J connectivity index is 0.00000300. The van der Waals surface area contributed by atoms with Gasteiger partial charge in [0.25, 0.3) is 5.91 Å². The van der Waals surface area contributed by atoms with Crippen LogP contribution in [0, 0.1) is 0 Å². The maximum atomic E-state index is 12.7. The Kier molecular flexibility index (Phi) is 9.31. The van der Waals surface area contributed by atoms with E-state index in [1.807, 2.05) is 36.4 Å². The lowest BCUT2D eigenvalue weighted by atomic mass is 10.1. The van der Waals surface area contributed by atoms with Crippen LogP contribution in [0.5, 0.6) is 5.75 Å². The highest BCUT2D eigenvalue weighted by molar-refractivity contribution is 8.00. The second kappa shape index (κ2) is 11.7. The maximum Gasteiger partial charge on any atom is 0.252 e. The van der Waals surface area contributed by atoms with Gasteiger partial charge < -0.3 is 20.7 Å². The van der Waals surface area contributed by atoms with Crippen LogP contribution in [-0.2, 0) is 4.79 Å². The van der Waals surface area contributed by atoms with Gasteiger partial charge in [-0.15, -0.1) is 24.2 Å². The first-order valence-corrected chi connectivity index (χ1v) is 10.3. The van der Waals surface area contributed by atoms with Crippen LogP contribution in [0.15, 0.2) is 53.4 Å². The van der Waals surface area contributed by atoms with Crippen molar-refractivity contribution in [3.63, 3.8) is 0 Å². The van der Waals surface area contributed by atoms with Crippen LogP contribution in [-0.4, -0.2) is 43.8 Å². The number of nitrogens with one attached hydrogen (secondary N) is 3. The van der Waals surface area contributed by atoms with Gasteiger partial charge in [-0.05, 0) is 50.2 Å². The van der Waals surface area contributed by atoms with Crippen molar-refractivity contribution < 1.29 is 14.3 Å². The van der Waals surface area contributed by atoms with Crippen LogP contribution in [0.4, 0.5) is 5.69 Å². The van der Waals surface area contributed by atoms with E-state index in [-0.39, 0.29) is 36.0 Å². The Bertz CT molecular complexity index is 828. The van der Waals surface area contributed by atoms with Gasteiger partial charge in [0.15, 0.2) is 0 Å². The number of carbonyl (C=O) groups excluding carboxylic acids is 2. The van der Waals surface area contributed by atoms with E-state index in [0.29, 0.717) is 17.0 Å². The average molecular weight is 436 g/mol. The summed E-state index contributed by atoms with van der Waals surface area (Å²) in [6.07, 6.45) is 1.87. The summed E-state index contributed by atoms with van der Waals surface area (Å²) in [6, 6.07) is 14.8. The van der Waals surface area contributed by atoms with Crippen molar-refractivity contribution in [1.82, 2.24) is 10.6 Å².